The summed E-state index contributed by atoms with van der Waals surface area (Å²) in [6, 6.07) is 3.20. The van der Waals surface area contributed by atoms with E-state index in [1.54, 1.807) is 6.07 Å². The van der Waals surface area contributed by atoms with Gasteiger partial charge in [0.15, 0.2) is 0 Å². The molecule has 0 radical (unpaired) electrons. The molecule has 0 unspecified atom stereocenters. The molecular weight excluding hydrogens is 181 g/mol. The van der Waals surface area contributed by atoms with Crippen molar-refractivity contribution >= 4 is 5.82 Å². The Kier molecular flexibility index (Phi) is 2.93. The van der Waals surface area contributed by atoms with Gasteiger partial charge in [-0.3, -0.25) is 0 Å². The molecule has 1 aliphatic heterocycles. The molecule has 1 saturated heterocycles. The molecule has 4 heteroatoms. The molecule has 1 aliphatic rings. The van der Waals surface area contributed by atoms with E-state index in [1.807, 2.05) is 0 Å². The van der Waals surface area contributed by atoms with Crippen LogP contribution in [0.3, 0.4) is 0 Å². The Morgan fingerprint density at radius 2 is 2.21 bits per heavy atom. The summed E-state index contributed by atoms with van der Waals surface area (Å²) >= 11 is 0. The minimum atomic E-state index is -0.276. The molecule has 3 nitrogen and oxygen atoms in total. The number of nitrogens with zero attached hydrogens (tertiary/aromatic N) is 2. The van der Waals surface area contributed by atoms with Crippen LogP contribution in [-0.2, 0) is 0 Å². The van der Waals surface area contributed by atoms with Gasteiger partial charge in [0, 0.05) is 19.6 Å². The predicted octanol–water partition coefficient (Wildman–Crippen LogP) is 1.02. The molecule has 0 bridgehead atoms. The molecule has 2 heterocycles. The molecule has 76 valence electrons. The van der Waals surface area contributed by atoms with Gasteiger partial charge in [-0.25, -0.2) is 9.37 Å². The van der Waals surface area contributed by atoms with Gasteiger partial charge in [0.2, 0.25) is 0 Å². The minimum absolute atomic E-state index is 0.276. The molecule has 0 amide bonds. The summed E-state index contributed by atoms with van der Waals surface area (Å²) in [5.41, 5.74) is 0. The summed E-state index contributed by atoms with van der Waals surface area (Å²) in [5.74, 6) is 0.594. The van der Waals surface area contributed by atoms with Gasteiger partial charge in [0.05, 0.1) is 6.20 Å². The topological polar surface area (TPSA) is 28.2 Å². The Hall–Kier alpha value is -1.16. The largest absolute Gasteiger partial charge is 0.355 e. The Bertz CT molecular complexity index is 278. The first-order valence-corrected chi connectivity index (χ1v) is 4.93. The lowest BCUT2D eigenvalue weighted by atomic mass is 10.3. The van der Waals surface area contributed by atoms with Crippen LogP contribution in [0.15, 0.2) is 18.3 Å². The van der Waals surface area contributed by atoms with Crippen LogP contribution in [0.5, 0.6) is 0 Å². The zero-order valence-electron chi connectivity index (χ0n) is 8.04. The van der Waals surface area contributed by atoms with Gasteiger partial charge >= 0.3 is 0 Å². The fraction of sp³-hybridized carbons (Fsp3) is 0.500. The van der Waals surface area contributed by atoms with E-state index in [4.69, 9.17) is 0 Å². The quantitative estimate of drug-likeness (QED) is 0.725. The van der Waals surface area contributed by atoms with E-state index in [0.29, 0.717) is 0 Å². The number of anilines is 1. The van der Waals surface area contributed by atoms with Crippen LogP contribution >= 0.6 is 0 Å². The van der Waals surface area contributed by atoms with Crippen molar-refractivity contribution < 1.29 is 4.39 Å². The number of pyridine rings is 1. The molecule has 14 heavy (non-hydrogen) atoms. The van der Waals surface area contributed by atoms with Gasteiger partial charge in [0.25, 0.3) is 0 Å². The average molecular weight is 195 g/mol. The zero-order chi connectivity index (χ0) is 9.80. The SMILES string of the molecule is Fc1ccc(N2CCCNCC2)nc1. The lowest BCUT2D eigenvalue weighted by molar-refractivity contribution is 0.620. The predicted molar refractivity (Wildman–Crippen MR) is 53.9 cm³/mol. The molecule has 0 atom stereocenters. The highest BCUT2D eigenvalue weighted by Crippen LogP contribution is 2.11. The molecule has 1 aromatic rings. The maximum Gasteiger partial charge on any atom is 0.141 e. The lowest BCUT2D eigenvalue weighted by Gasteiger charge is -2.20. The molecular formula is C10H14FN3. The number of rotatable bonds is 1. The van der Waals surface area contributed by atoms with E-state index in [2.05, 4.69) is 15.2 Å². The van der Waals surface area contributed by atoms with Crippen molar-refractivity contribution in [3.05, 3.63) is 24.1 Å². The Morgan fingerprint density at radius 1 is 1.29 bits per heavy atom. The van der Waals surface area contributed by atoms with Crippen LogP contribution in [0.1, 0.15) is 6.42 Å². The van der Waals surface area contributed by atoms with Crippen molar-refractivity contribution in [2.24, 2.45) is 0 Å². The van der Waals surface area contributed by atoms with Crippen molar-refractivity contribution in [3.8, 4) is 0 Å². The fourth-order valence-electron chi connectivity index (χ4n) is 1.63. The average Bonchev–Trinajstić information content (AvgIpc) is 2.47. The second-order valence-electron chi connectivity index (χ2n) is 3.43. The van der Waals surface area contributed by atoms with Gasteiger partial charge in [-0.05, 0) is 25.1 Å². The molecule has 0 saturated carbocycles. The van der Waals surface area contributed by atoms with Crippen molar-refractivity contribution in [3.63, 3.8) is 0 Å². The van der Waals surface area contributed by atoms with Crippen LogP contribution in [0.4, 0.5) is 10.2 Å². The first kappa shape index (κ1) is 9.40. The highest BCUT2D eigenvalue weighted by atomic mass is 19.1. The Morgan fingerprint density at radius 3 is 3.00 bits per heavy atom. The van der Waals surface area contributed by atoms with E-state index in [9.17, 15) is 4.39 Å². The second kappa shape index (κ2) is 4.37. The minimum Gasteiger partial charge on any atom is -0.355 e. The summed E-state index contributed by atoms with van der Waals surface area (Å²) in [7, 11) is 0. The number of nitrogens with one attached hydrogen (secondary N) is 1. The standard InChI is InChI=1S/C10H14FN3/c11-9-2-3-10(13-8-9)14-6-1-4-12-5-7-14/h2-3,8,12H,1,4-7H2. The highest BCUT2D eigenvalue weighted by molar-refractivity contribution is 5.37. The van der Waals surface area contributed by atoms with E-state index in [1.165, 1.54) is 12.3 Å². The lowest BCUT2D eigenvalue weighted by Crippen LogP contribution is -2.28. The third-order valence-corrected chi connectivity index (χ3v) is 2.38. The molecule has 0 aromatic carbocycles. The van der Waals surface area contributed by atoms with Crippen molar-refractivity contribution in [2.45, 2.75) is 6.42 Å². The van der Waals surface area contributed by atoms with Crippen LogP contribution in [-0.4, -0.2) is 31.2 Å². The van der Waals surface area contributed by atoms with Crippen LogP contribution in [0, 0.1) is 5.82 Å². The molecule has 1 aromatic heterocycles. The van der Waals surface area contributed by atoms with Crippen molar-refractivity contribution in [1.82, 2.24) is 10.3 Å². The van der Waals surface area contributed by atoms with E-state index < -0.39 is 0 Å². The second-order valence-corrected chi connectivity index (χ2v) is 3.43. The normalized spacial score (nSPS) is 17.9. The smallest absolute Gasteiger partial charge is 0.141 e. The maximum absolute atomic E-state index is 12.6. The molecule has 1 N–H and O–H groups in total. The Labute approximate surface area is 82.9 Å². The van der Waals surface area contributed by atoms with Crippen molar-refractivity contribution in [1.29, 1.82) is 0 Å². The Balaban J connectivity index is 2.08. The van der Waals surface area contributed by atoms with Gasteiger partial charge in [-0.1, -0.05) is 0 Å². The molecule has 1 fully saturated rings. The third kappa shape index (κ3) is 2.20. The number of hydrogen-bond acceptors (Lipinski definition) is 3. The summed E-state index contributed by atoms with van der Waals surface area (Å²) < 4.78 is 12.6. The number of halogens is 1. The van der Waals surface area contributed by atoms with Gasteiger partial charge in [-0.2, -0.15) is 0 Å². The first-order chi connectivity index (χ1) is 6.86. The van der Waals surface area contributed by atoms with Crippen LogP contribution in [0.25, 0.3) is 0 Å². The zero-order valence-corrected chi connectivity index (χ0v) is 8.04. The van der Waals surface area contributed by atoms with E-state index in [0.717, 1.165) is 38.4 Å². The van der Waals surface area contributed by atoms with Gasteiger partial charge in [0.1, 0.15) is 11.6 Å². The molecule has 0 aliphatic carbocycles. The maximum atomic E-state index is 12.6. The van der Waals surface area contributed by atoms with Gasteiger partial charge < -0.3 is 10.2 Å². The number of aromatic nitrogens is 1. The number of hydrogen-bond donors (Lipinski definition) is 1. The monoisotopic (exact) mass is 195 g/mol. The third-order valence-electron chi connectivity index (χ3n) is 2.38. The summed E-state index contributed by atoms with van der Waals surface area (Å²) in [6.07, 6.45) is 2.38. The van der Waals surface area contributed by atoms with E-state index >= 15 is 0 Å². The van der Waals surface area contributed by atoms with Crippen molar-refractivity contribution in [2.75, 3.05) is 31.1 Å². The molecule has 2 rings (SSSR count). The summed E-state index contributed by atoms with van der Waals surface area (Å²) in [4.78, 5) is 6.25. The van der Waals surface area contributed by atoms with Crippen LogP contribution in [0.2, 0.25) is 0 Å². The first-order valence-electron chi connectivity index (χ1n) is 4.93. The van der Waals surface area contributed by atoms with Crippen LogP contribution < -0.4 is 10.2 Å². The summed E-state index contributed by atoms with van der Waals surface area (Å²) in [6.45, 7) is 3.96. The summed E-state index contributed by atoms with van der Waals surface area (Å²) in [5, 5.41) is 3.31. The van der Waals surface area contributed by atoms with Gasteiger partial charge in [-0.15, -0.1) is 0 Å². The molecule has 0 spiro atoms. The van der Waals surface area contributed by atoms with E-state index in [-0.39, 0.29) is 5.82 Å². The highest BCUT2D eigenvalue weighted by Gasteiger charge is 2.09. The fourth-order valence-corrected chi connectivity index (χ4v) is 1.63.